The molecule has 0 saturated heterocycles. The van der Waals surface area contributed by atoms with E-state index in [1.807, 2.05) is 0 Å². The van der Waals surface area contributed by atoms with Crippen LogP contribution in [0, 0.1) is 6.92 Å². The minimum atomic E-state index is -0.0429. The van der Waals surface area contributed by atoms with Crippen molar-refractivity contribution in [3.63, 3.8) is 0 Å². The van der Waals surface area contributed by atoms with Crippen LogP contribution in [-0.4, -0.2) is 16.0 Å². The number of nitrogens with zero attached hydrogens (tertiary/aromatic N) is 4. The van der Waals surface area contributed by atoms with Crippen LogP contribution in [0.25, 0.3) is 43.7 Å². The molecule has 0 bridgehead atoms. The van der Waals surface area contributed by atoms with Gasteiger partial charge in [-0.2, -0.15) is 0 Å². The first-order valence-electron chi connectivity index (χ1n) is 18.0. The second kappa shape index (κ2) is 12.1. The molecule has 0 radical (unpaired) electrons. The molecule has 0 fully saturated rings. The van der Waals surface area contributed by atoms with Gasteiger partial charge in [0.25, 0.3) is 0 Å². The summed E-state index contributed by atoms with van der Waals surface area (Å²) in [4.78, 5) is 15.2. The SMILES string of the molecule is CC1=CC(N(c2ccccc2)c2ccc3ccccc3n2)C2=CCc3c(C)cc(N(c4ccccc4)c4ccc5ccccc5n4)c4ccc1c2c34. The third-order valence-electron chi connectivity index (χ3n) is 10.8. The lowest BCUT2D eigenvalue weighted by atomic mass is 9.75. The maximum absolute atomic E-state index is 5.25. The molecule has 4 nitrogen and oxygen atoms in total. The molecule has 0 amide bonds. The molecule has 10 rings (SSSR count). The third kappa shape index (κ3) is 4.83. The zero-order valence-corrected chi connectivity index (χ0v) is 29.2. The van der Waals surface area contributed by atoms with Crippen LogP contribution in [0.1, 0.15) is 29.2 Å². The standard InChI is InChI=1S/C48H36N4/c1-31-29-43(51(35-15-5-3-6-16-35)45-27-21-33-13-9-11-19-41(33)49-45)39-26-24-38-32(2)30-44(40-25-23-37(31)47(39)48(38)40)52(36-17-7-4-8-18-36)46-28-22-34-14-10-12-20-42(34)50-46/h3-23,25-30,43H,24H2,1-2H3. The average molecular weight is 669 g/mol. The fourth-order valence-corrected chi connectivity index (χ4v) is 8.35. The van der Waals surface area contributed by atoms with Gasteiger partial charge in [-0.05, 0) is 126 Å². The molecule has 8 aromatic rings. The van der Waals surface area contributed by atoms with Gasteiger partial charge in [0, 0.05) is 27.5 Å². The van der Waals surface area contributed by atoms with Crippen LogP contribution in [0.3, 0.4) is 0 Å². The van der Waals surface area contributed by atoms with Crippen molar-refractivity contribution in [1.82, 2.24) is 9.97 Å². The summed E-state index contributed by atoms with van der Waals surface area (Å²) < 4.78 is 0. The number of rotatable bonds is 6. The summed E-state index contributed by atoms with van der Waals surface area (Å²) in [6, 6.07) is 53.8. The maximum atomic E-state index is 5.25. The topological polar surface area (TPSA) is 32.3 Å². The molecular weight excluding hydrogens is 633 g/mol. The molecule has 0 spiro atoms. The quantitative estimate of drug-likeness (QED) is 0.176. The smallest absolute Gasteiger partial charge is 0.138 e. The molecule has 0 N–H and O–H groups in total. The van der Waals surface area contributed by atoms with E-state index >= 15 is 0 Å². The molecule has 6 aromatic carbocycles. The average Bonchev–Trinajstić information content (AvgIpc) is 3.19. The fraction of sp³-hybridized carbons (Fsp3) is 0.0833. The lowest BCUT2D eigenvalue weighted by Gasteiger charge is -2.39. The van der Waals surface area contributed by atoms with Gasteiger partial charge in [0.15, 0.2) is 0 Å². The summed E-state index contributed by atoms with van der Waals surface area (Å²) in [6.45, 7) is 4.53. The first-order chi connectivity index (χ1) is 25.6. The zero-order valence-electron chi connectivity index (χ0n) is 29.2. The number of allylic oxidation sites excluding steroid dienone is 2. The summed E-state index contributed by atoms with van der Waals surface area (Å²) in [5.74, 6) is 1.83. The molecule has 2 aliphatic carbocycles. The van der Waals surface area contributed by atoms with Crippen LogP contribution in [-0.2, 0) is 6.42 Å². The number of benzene rings is 6. The van der Waals surface area contributed by atoms with E-state index in [-0.39, 0.29) is 6.04 Å². The highest BCUT2D eigenvalue weighted by molar-refractivity contribution is 6.12. The highest BCUT2D eigenvalue weighted by Crippen LogP contribution is 2.50. The van der Waals surface area contributed by atoms with E-state index < -0.39 is 0 Å². The molecule has 4 heteroatoms. The van der Waals surface area contributed by atoms with Gasteiger partial charge in [-0.3, -0.25) is 4.90 Å². The number of fused-ring (bicyclic) bond motifs is 2. The van der Waals surface area contributed by atoms with Gasteiger partial charge in [0.05, 0.1) is 22.8 Å². The van der Waals surface area contributed by atoms with E-state index in [1.54, 1.807) is 0 Å². The van der Waals surface area contributed by atoms with E-state index in [1.165, 1.54) is 44.2 Å². The molecule has 248 valence electrons. The van der Waals surface area contributed by atoms with Crippen LogP contribution in [0.5, 0.6) is 0 Å². The Morgan fingerprint density at radius 2 is 1.21 bits per heavy atom. The van der Waals surface area contributed by atoms with Crippen molar-refractivity contribution in [2.75, 3.05) is 9.80 Å². The first-order valence-corrected chi connectivity index (χ1v) is 18.0. The van der Waals surface area contributed by atoms with Crippen LogP contribution in [0.2, 0.25) is 0 Å². The number of pyridine rings is 2. The van der Waals surface area contributed by atoms with E-state index in [4.69, 9.17) is 9.97 Å². The van der Waals surface area contributed by atoms with Crippen molar-refractivity contribution in [2.24, 2.45) is 0 Å². The van der Waals surface area contributed by atoms with Crippen molar-refractivity contribution < 1.29 is 0 Å². The van der Waals surface area contributed by atoms with Gasteiger partial charge in [0.2, 0.25) is 0 Å². The summed E-state index contributed by atoms with van der Waals surface area (Å²) in [5, 5.41) is 4.83. The van der Waals surface area contributed by atoms with Gasteiger partial charge in [-0.1, -0.05) is 97.1 Å². The van der Waals surface area contributed by atoms with E-state index in [0.717, 1.165) is 56.9 Å². The normalized spacial score (nSPS) is 14.7. The zero-order chi connectivity index (χ0) is 34.8. The lowest BCUT2D eigenvalue weighted by Crippen LogP contribution is -2.34. The van der Waals surface area contributed by atoms with E-state index in [0.29, 0.717) is 0 Å². The molecule has 2 heterocycles. The Balaban J connectivity index is 1.20. The van der Waals surface area contributed by atoms with Crippen LogP contribution in [0.4, 0.5) is 28.7 Å². The second-order valence-corrected chi connectivity index (χ2v) is 13.9. The third-order valence-corrected chi connectivity index (χ3v) is 10.8. The summed E-state index contributed by atoms with van der Waals surface area (Å²) >= 11 is 0. The second-order valence-electron chi connectivity index (χ2n) is 13.9. The van der Waals surface area contributed by atoms with E-state index in [9.17, 15) is 0 Å². The van der Waals surface area contributed by atoms with Gasteiger partial charge >= 0.3 is 0 Å². The van der Waals surface area contributed by atoms with Gasteiger partial charge in [-0.25, -0.2) is 9.97 Å². The Hall–Kier alpha value is -6.52. The van der Waals surface area contributed by atoms with Crippen molar-refractivity contribution in [3.05, 3.63) is 186 Å². The van der Waals surface area contributed by atoms with E-state index in [2.05, 4.69) is 187 Å². The molecule has 2 aliphatic rings. The van der Waals surface area contributed by atoms with Crippen LogP contribution in [0.15, 0.2) is 164 Å². The molecule has 1 atom stereocenters. The monoisotopic (exact) mass is 668 g/mol. The summed E-state index contributed by atoms with van der Waals surface area (Å²) in [6.07, 6.45) is 5.77. The number of aromatic nitrogens is 2. The Kier molecular flexibility index (Phi) is 7.03. The number of anilines is 5. The molecule has 52 heavy (non-hydrogen) atoms. The van der Waals surface area contributed by atoms with Gasteiger partial charge < -0.3 is 4.90 Å². The Morgan fingerprint density at radius 1 is 0.596 bits per heavy atom. The summed E-state index contributed by atoms with van der Waals surface area (Å²) in [7, 11) is 0. The first kappa shape index (κ1) is 30.3. The van der Waals surface area contributed by atoms with Crippen LogP contribution >= 0.6 is 0 Å². The van der Waals surface area contributed by atoms with Crippen LogP contribution < -0.4 is 9.80 Å². The Bertz CT molecular complexity index is 2750. The molecule has 0 aliphatic heterocycles. The highest BCUT2D eigenvalue weighted by Gasteiger charge is 2.34. The Labute approximate surface area is 303 Å². The predicted octanol–water partition coefficient (Wildman–Crippen LogP) is 12.3. The summed E-state index contributed by atoms with van der Waals surface area (Å²) in [5.41, 5.74) is 13.2. The van der Waals surface area contributed by atoms with Crippen molar-refractivity contribution >= 4 is 72.4 Å². The van der Waals surface area contributed by atoms with Crippen molar-refractivity contribution in [1.29, 1.82) is 0 Å². The van der Waals surface area contributed by atoms with Gasteiger partial charge in [-0.15, -0.1) is 0 Å². The number of aryl methyl sites for hydroxylation is 1. The van der Waals surface area contributed by atoms with Crippen molar-refractivity contribution in [3.8, 4) is 0 Å². The predicted molar refractivity (Wildman–Crippen MR) is 218 cm³/mol. The Morgan fingerprint density at radius 3 is 1.92 bits per heavy atom. The molecular formula is C48H36N4. The number of hydrogen-bond acceptors (Lipinski definition) is 4. The molecule has 1 unspecified atom stereocenters. The minimum absolute atomic E-state index is 0.0429. The van der Waals surface area contributed by atoms with Crippen molar-refractivity contribution in [2.45, 2.75) is 26.3 Å². The molecule has 0 saturated carbocycles. The largest absolute Gasteiger partial charge is 0.315 e. The maximum Gasteiger partial charge on any atom is 0.138 e. The molecule has 2 aromatic heterocycles. The number of para-hydroxylation sites is 4. The number of hydrogen-bond donors (Lipinski definition) is 0. The lowest BCUT2D eigenvalue weighted by molar-refractivity contribution is 0.926. The fourth-order valence-electron chi connectivity index (χ4n) is 8.35. The highest BCUT2D eigenvalue weighted by atomic mass is 15.2. The van der Waals surface area contributed by atoms with Gasteiger partial charge in [0.1, 0.15) is 11.6 Å². The minimum Gasteiger partial charge on any atom is -0.315 e.